The molecule has 0 aliphatic carbocycles. The minimum atomic E-state index is -0.950. The molecule has 3 saturated heterocycles. The summed E-state index contributed by atoms with van der Waals surface area (Å²) in [6.07, 6.45) is 3.85. The molecule has 0 saturated carbocycles. The van der Waals surface area contributed by atoms with Crippen LogP contribution in [-0.4, -0.2) is 71.8 Å². The summed E-state index contributed by atoms with van der Waals surface area (Å²) in [5, 5.41) is 12.0. The molecule has 28 heavy (non-hydrogen) atoms. The van der Waals surface area contributed by atoms with E-state index in [1.807, 2.05) is 6.92 Å². The summed E-state index contributed by atoms with van der Waals surface area (Å²) in [4.78, 5) is 40.6. The van der Waals surface area contributed by atoms with Gasteiger partial charge in [0.2, 0.25) is 11.8 Å². The lowest BCUT2D eigenvalue weighted by Crippen LogP contribution is -2.55. The van der Waals surface area contributed by atoms with Gasteiger partial charge in [-0.2, -0.15) is 0 Å². The lowest BCUT2D eigenvalue weighted by atomic mass is 9.71. The molecular formula is C20H32N2O6. The molecule has 8 nitrogen and oxygen atoms in total. The maximum atomic E-state index is 13.3. The number of rotatable bonds is 10. The predicted molar refractivity (Wildman–Crippen MR) is 100 cm³/mol. The molecule has 2 amide bonds. The highest BCUT2D eigenvalue weighted by molar-refractivity contribution is 5.98. The first kappa shape index (κ1) is 21.0. The van der Waals surface area contributed by atoms with E-state index in [1.165, 1.54) is 0 Å². The molecule has 0 aromatic rings. The third-order valence-electron chi connectivity index (χ3n) is 6.24. The van der Waals surface area contributed by atoms with Crippen LogP contribution < -0.4 is 5.32 Å². The molecule has 0 aromatic heterocycles. The molecule has 2 unspecified atom stereocenters. The van der Waals surface area contributed by atoms with Gasteiger partial charge in [-0.15, -0.1) is 0 Å². The highest BCUT2D eigenvalue weighted by Gasteiger charge is 2.74. The Morgan fingerprint density at radius 1 is 1.32 bits per heavy atom. The van der Waals surface area contributed by atoms with Crippen LogP contribution >= 0.6 is 0 Å². The second-order valence-electron chi connectivity index (χ2n) is 7.91. The fraction of sp³-hybridized carbons (Fsp3) is 0.850. The monoisotopic (exact) mass is 396 g/mol. The van der Waals surface area contributed by atoms with Gasteiger partial charge in [0.1, 0.15) is 11.6 Å². The number of likely N-dealkylation sites (tertiary alicyclic amines) is 1. The average molecular weight is 396 g/mol. The van der Waals surface area contributed by atoms with E-state index >= 15 is 0 Å². The number of aliphatic hydroxyl groups is 1. The number of fused-ring (bicyclic) bond motifs is 1. The molecule has 158 valence electrons. The maximum absolute atomic E-state index is 13.3. The lowest BCUT2D eigenvalue weighted by molar-refractivity contribution is -0.154. The van der Waals surface area contributed by atoms with Crippen LogP contribution in [0.3, 0.4) is 0 Å². The number of nitrogens with zero attached hydrogens (tertiary/aromatic N) is 1. The van der Waals surface area contributed by atoms with Gasteiger partial charge >= 0.3 is 5.97 Å². The van der Waals surface area contributed by atoms with Crippen molar-refractivity contribution in [1.82, 2.24) is 10.2 Å². The van der Waals surface area contributed by atoms with Crippen LogP contribution in [0.1, 0.15) is 52.4 Å². The van der Waals surface area contributed by atoms with Gasteiger partial charge in [0.15, 0.2) is 0 Å². The van der Waals surface area contributed by atoms with Gasteiger partial charge < -0.3 is 24.8 Å². The molecule has 8 heteroatoms. The molecule has 2 bridgehead atoms. The Balaban J connectivity index is 1.88. The van der Waals surface area contributed by atoms with E-state index in [1.54, 1.807) is 11.8 Å². The first-order valence-electron chi connectivity index (χ1n) is 10.5. The number of hydrogen-bond donors (Lipinski definition) is 2. The Hall–Kier alpha value is -1.67. The van der Waals surface area contributed by atoms with Crippen molar-refractivity contribution in [2.24, 2.45) is 11.8 Å². The zero-order valence-electron chi connectivity index (χ0n) is 16.8. The van der Waals surface area contributed by atoms with Crippen LogP contribution in [0.2, 0.25) is 0 Å². The summed E-state index contributed by atoms with van der Waals surface area (Å²) in [5.41, 5.74) is -0.950. The van der Waals surface area contributed by atoms with E-state index in [-0.39, 0.29) is 31.1 Å². The second-order valence-corrected chi connectivity index (χ2v) is 7.91. The molecular weight excluding hydrogens is 364 g/mol. The number of unbranched alkanes of at least 4 members (excludes halogenated alkanes) is 2. The Bertz CT molecular complexity index is 612. The first-order valence-corrected chi connectivity index (χ1v) is 10.5. The molecule has 3 fully saturated rings. The third kappa shape index (κ3) is 3.41. The number of carbonyl (C=O) groups excluding carboxylic acids is 3. The Labute approximate surface area is 165 Å². The second kappa shape index (κ2) is 8.78. The quantitative estimate of drug-likeness (QED) is 0.414. The molecule has 5 atom stereocenters. The first-order chi connectivity index (χ1) is 13.5. The van der Waals surface area contributed by atoms with E-state index in [2.05, 4.69) is 5.32 Å². The zero-order chi connectivity index (χ0) is 20.3. The van der Waals surface area contributed by atoms with Crippen LogP contribution in [0.5, 0.6) is 0 Å². The highest BCUT2D eigenvalue weighted by atomic mass is 16.6. The Morgan fingerprint density at radius 2 is 2.11 bits per heavy atom. The predicted octanol–water partition coefficient (Wildman–Crippen LogP) is 0.613. The van der Waals surface area contributed by atoms with Crippen molar-refractivity contribution in [2.45, 2.75) is 70.1 Å². The van der Waals surface area contributed by atoms with Crippen molar-refractivity contribution >= 4 is 17.8 Å². The minimum absolute atomic E-state index is 0.0357. The van der Waals surface area contributed by atoms with Gasteiger partial charge in [0.25, 0.3) is 0 Å². The number of hydrogen-bond acceptors (Lipinski definition) is 6. The normalized spacial score (nSPS) is 33.2. The van der Waals surface area contributed by atoms with Gasteiger partial charge in [-0.3, -0.25) is 14.4 Å². The molecule has 2 N–H and O–H groups in total. The van der Waals surface area contributed by atoms with E-state index < -0.39 is 29.4 Å². The summed E-state index contributed by atoms with van der Waals surface area (Å²) < 4.78 is 11.5. The standard InChI is InChI=1S/C20H32N2O6/c1-3-5-10-21-17(24)16-20-9-8-13(28-20)14(19(26)27-4-2)15(20)18(25)22(16)11-6-7-12-23/h13-16,23H,3-12H2,1-2H3,(H,21,24)/t13-,14+,15+,16?,20?/m1/s1. The van der Waals surface area contributed by atoms with Crippen molar-refractivity contribution in [1.29, 1.82) is 0 Å². The van der Waals surface area contributed by atoms with Crippen LogP contribution in [0.15, 0.2) is 0 Å². The lowest BCUT2D eigenvalue weighted by Gasteiger charge is -2.33. The van der Waals surface area contributed by atoms with E-state index in [9.17, 15) is 14.4 Å². The summed E-state index contributed by atoms with van der Waals surface area (Å²) in [6, 6.07) is -0.732. The van der Waals surface area contributed by atoms with E-state index in [0.717, 1.165) is 12.8 Å². The summed E-state index contributed by atoms with van der Waals surface area (Å²) >= 11 is 0. The number of aliphatic hydroxyl groups excluding tert-OH is 1. The van der Waals surface area contributed by atoms with Crippen molar-refractivity contribution in [2.75, 3.05) is 26.3 Å². The van der Waals surface area contributed by atoms with Gasteiger partial charge in [-0.1, -0.05) is 13.3 Å². The number of ether oxygens (including phenoxy) is 2. The van der Waals surface area contributed by atoms with Crippen LogP contribution in [0.25, 0.3) is 0 Å². The zero-order valence-corrected chi connectivity index (χ0v) is 16.8. The van der Waals surface area contributed by atoms with Crippen molar-refractivity contribution < 1.29 is 29.0 Å². The molecule has 3 heterocycles. The van der Waals surface area contributed by atoms with Gasteiger partial charge in [-0.05, 0) is 39.0 Å². The third-order valence-corrected chi connectivity index (χ3v) is 6.24. The molecule has 3 rings (SSSR count). The topological polar surface area (TPSA) is 105 Å². The van der Waals surface area contributed by atoms with Crippen LogP contribution in [-0.2, 0) is 23.9 Å². The summed E-state index contributed by atoms with van der Waals surface area (Å²) in [6.45, 7) is 4.99. The van der Waals surface area contributed by atoms with Crippen molar-refractivity contribution in [3.8, 4) is 0 Å². The average Bonchev–Trinajstić information content (AvgIpc) is 3.30. The SMILES string of the molecule is CCCCNC(=O)C1N(CCCCO)C(=O)[C@@H]2[C@@H](C(=O)OCC)[C@H]3CCC12O3. The summed E-state index contributed by atoms with van der Waals surface area (Å²) in [7, 11) is 0. The highest BCUT2D eigenvalue weighted by Crippen LogP contribution is 2.58. The molecule has 0 aromatic carbocycles. The van der Waals surface area contributed by atoms with Gasteiger partial charge in [-0.25, -0.2) is 0 Å². The minimum Gasteiger partial charge on any atom is -0.466 e. The maximum Gasteiger partial charge on any atom is 0.312 e. The molecule has 0 radical (unpaired) electrons. The number of amides is 2. The number of carbonyl (C=O) groups is 3. The van der Waals surface area contributed by atoms with Crippen LogP contribution in [0, 0.1) is 11.8 Å². The fourth-order valence-corrected chi connectivity index (χ4v) is 5.08. The molecule has 3 aliphatic rings. The van der Waals surface area contributed by atoms with Gasteiger partial charge in [0.05, 0.1) is 24.5 Å². The Kier molecular flexibility index (Phi) is 6.60. The Morgan fingerprint density at radius 3 is 2.79 bits per heavy atom. The van der Waals surface area contributed by atoms with E-state index in [4.69, 9.17) is 14.6 Å². The van der Waals surface area contributed by atoms with Crippen molar-refractivity contribution in [3.05, 3.63) is 0 Å². The van der Waals surface area contributed by atoms with Crippen molar-refractivity contribution in [3.63, 3.8) is 0 Å². The molecule has 1 spiro atoms. The van der Waals surface area contributed by atoms with Crippen LogP contribution in [0.4, 0.5) is 0 Å². The smallest absolute Gasteiger partial charge is 0.312 e. The fourth-order valence-electron chi connectivity index (χ4n) is 5.08. The van der Waals surface area contributed by atoms with E-state index in [0.29, 0.717) is 38.8 Å². The number of nitrogens with one attached hydrogen (secondary N) is 1. The summed E-state index contributed by atoms with van der Waals surface area (Å²) in [5.74, 6) is -2.13. The molecule has 3 aliphatic heterocycles. The largest absolute Gasteiger partial charge is 0.466 e. The van der Waals surface area contributed by atoms with Gasteiger partial charge in [0, 0.05) is 19.7 Å². The number of esters is 1.